The predicted octanol–water partition coefficient (Wildman–Crippen LogP) is 0.773. The number of nitrogen functional groups attached to an aromatic ring is 1. The maximum absolute atomic E-state index is 5.39. The average molecular weight is 278 g/mol. The third-order valence-electron chi connectivity index (χ3n) is 2.93. The lowest BCUT2D eigenvalue weighted by Gasteiger charge is -2.09. The molecular formula is C10H14N8S. The van der Waals surface area contributed by atoms with Gasteiger partial charge in [-0.25, -0.2) is 10.8 Å². The van der Waals surface area contributed by atoms with E-state index in [9.17, 15) is 0 Å². The number of hydrogen-bond acceptors (Lipinski definition) is 8. The second kappa shape index (κ2) is 5.49. The molecule has 19 heavy (non-hydrogen) atoms. The summed E-state index contributed by atoms with van der Waals surface area (Å²) in [6.45, 7) is 0. The van der Waals surface area contributed by atoms with E-state index in [1.807, 2.05) is 0 Å². The van der Waals surface area contributed by atoms with Crippen molar-refractivity contribution in [2.24, 2.45) is 5.84 Å². The van der Waals surface area contributed by atoms with E-state index >= 15 is 0 Å². The maximum Gasteiger partial charge on any atom is 0.257 e. The van der Waals surface area contributed by atoms with Crippen LogP contribution in [0.5, 0.6) is 0 Å². The Hall–Kier alpha value is -1.74. The summed E-state index contributed by atoms with van der Waals surface area (Å²) in [5.41, 5.74) is 2.46. The van der Waals surface area contributed by atoms with Gasteiger partial charge in [0.05, 0.1) is 0 Å². The van der Waals surface area contributed by atoms with E-state index in [4.69, 9.17) is 5.84 Å². The van der Waals surface area contributed by atoms with E-state index in [0.717, 1.165) is 0 Å². The first-order chi connectivity index (χ1) is 9.35. The normalized spacial score (nSPS) is 15.8. The third-order valence-corrected chi connectivity index (χ3v) is 4.13. The largest absolute Gasteiger partial charge is 0.292 e. The number of aromatic nitrogens is 6. The molecular weight excluding hydrogens is 264 g/mol. The van der Waals surface area contributed by atoms with Gasteiger partial charge in [-0.3, -0.25) is 5.43 Å². The van der Waals surface area contributed by atoms with E-state index in [0.29, 0.717) is 22.3 Å². The molecule has 2 aromatic rings. The van der Waals surface area contributed by atoms with Crippen LogP contribution >= 0.6 is 11.8 Å². The van der Waals surface area contributed by atoms with Gasteiger partial charge in [0.1, 0.15) is 12.7 Å². The fourth-order valence-corrected chi connectivity index (χ4v) is 3.17. The van der Waals surface area contributed by atoms with Gasteiger partial charge in [-0.1, -0.05) is 24.6 Å². The van der Waals surface area contributed by atoms with Crippen molar-refractivity contribution < 1.29 is 0 Å². The summed E-state index contributed by atoms with van der Waals surface area (Å²) in [7, 11) is 0. The molecule has 0 amide bonds. The highest BCUT2D eigenvalue weighted by Gasteiger charge is 2.19. The zero-order chi connectivity index (χ0) is 13.1. The van der Waals surface area contributed by atoms with Crippen molar-refractivity contribution >= 4 is 17.7 Å². The molecule has 0 bridgehead atoms. The van der Waals surface area contributed by atoms with E-state index < -0.39 is 0 Å². The fraction of sp³-hybridized carbons (Fsp3) is 0.500. The molecule has 1 saturated carbocycles. The van der Waals surface area contributed by atoms with Gasteiger partial charge in [0, 0.05) is 5.25 Å². The van der Waals surface area contributed by atoms with Gasteiger partial charge in [-0.05, 0) is 12.8 Å². The summed E-state index contributed by atoms with van der Waals surface area (Å²) in [5, 5.41) is 5.26. The summed E-state index contributed by atoms with van der Waals surface area (Å²) >= 11 is 1.67. The van der Waals surface area contributed by atoms with Gasteiger partial charge in [-0.2, -0.15) is 24.7 Å². The Bertz CT molecular complexity index is 536. The molecule has 3 N–H and O–H groups in total. The lowest BCUT2D eigenvalue weighted by atomic mass is 10.4. The average Bonchev–Trinajstić information content (AvgIpc) is 3.11. The number of nitrogens with two attached hydrogens (primary N) is 1. The highest BCUT2D eigenvalue weighted by Crippen LogP contribution is 2.33. The second-order valence-corrected chi connectivity index (χ2v) is 5.52. The van der Waals surface area contributed by atoms with Crippen molar-refractivity contribution in [2.45, 2.75) is 36.1 Å². The van der Waals surface area contributed by atoms with Crippen molar-refractivity contribution in [3.63, 3.8) is 0 Å². The summed E-state index contributed by atoms with van der Waals surface area (Å²) in [4.78, 5) is 16.7. The highest BCUT2D eigenvalue weighted by atomic mass is 32.2. The summed E-state index contributed by atoms with van der Waals surface area (Å²) < 4.78 is 1.49. The maximum atomic E-state index is 5.39. The Morgan fingerprint density at radius 3 is 2.79 bits per heavy atom. The standard InChI is InChI=1S/C10H14N8S/c11-17-8-14-9(18-6-12-5-13-18)16-10(15-8)19-7-3-1-2-4-7/h5-7H,1-4,11H2,(H,14,15,16,17). The van der Waals surface area contributed by atoms with Gasteiger partial charge in [0.2, 0.25) is 5.95 Å². The molecule has 0 atom stereocenters. The number of thioether (sulfide) groups is 1. The monoisotopic (exact) mass is 278 g/mol. The highest BCUT2D eigenvalue weighted by molar-refractivity contribution is 7.99. The van der Waals surface area contributed by atoms with Crippen LogP contribution in [0.25, 0.3) is 5.95 Å². The molecule has 0 aromatic carbocycles. The number of nitrogens with zero attached hydrogens (tertiary/aromatic N) is 6. The molecule has 0 unspecified atom stereocenters. The Kier molecular flexibility index (Phi) is 3.56. The second-order valence-electron chi connectivity index (χ2n) is 4.25. The molecule has 1 aliphatic rings. The van der Waals surface area contributed by atoms with Crippen molar-refractivity contribution in [3.8, 4) is 5.95 Å². The molecule has 8 nitrogen and oxygen atoms in total. The Morgan fingerprint density at radius 2 is 2.11 bits per heavy atom. The molecule has 1 aliphatic carbocycles. The summed E-state index contributed by atoms with van der Waals surface area (Å²) in [6.07, 6.45) is 7.95. The number of rotatable bonds is 4. The smallest absolute Gasteiger partial charge is 0.257 e. The van der Waals surface area contributed by atoms with E-state index in [-0.39, 0.29) is 0 Å². The molecule has 0 spiro atoms. The van der Waals surface area contributed by atoms with E-state index in [1.54, 1.807) is 18.1 Å². The zero-order valence-electron chi connectivity index (χ0n) is 10.2. The van der Waals surface area contributed by atoms with Crippen LogP contribution in [0.2, 0.25) is 0 Å². The van der Waals surface area contributed by atoms with Crippen molar-refractivity contribution in [1.82, 2.24) is 29.7 Å². The van der Waals surface area contributed by atoms with Crippen molar-refractivity contribution in [1.29, 1.82) is 0 Å². The third kappa shape index (κ3) is 2.82. The molecule has 100 valence electrons. The Labute approximate surface area is 114 Å². The molecule has 2 aromatic heterocycles. The number of hydrazine groups is 1. The number of hydrogen-bond donors (Lipinski definition) is 2. The molecule has 9 heteroatoms. The first-order valence-electron chi connectivity index (χ1n) is 6.09. The Balaban J connectivity index is 1.88. The van der Waals surface area contributed by atoms with E-state index in [2.05, 4.69) is 30.5 Å². The molecule has 0 aliphatic heterocycles. The topological polar surface area (TPSA) is 107 Å². The lowest BCUT2D eigenvalue weighted by molar-refractivity contribution is 0.756. The fourth-order valence-electron chi connectivity index (χ4n) is 2.03. The lowest BCUT2D eigenvalue weighted by Crippen LogP contribution is -2.14. The van der Waals surface area contributed by atoms with Crippen molar-refractivity contribution in [3.05, 3.63) is 12.7 Å². The van der Waals surface area contributed by atoms with Gasteiger partial charge in [0.15, 0.2) is 5.16 Å². The van der Waals surface area contributed by atoms with Crippen molar-refractivity contribution in [2.75, 3.05) is 5.43 Å². The zero-order valence-corrected chi connectivity index (χ0v) is 11.0. The molecule has 2 heterocycles. The van der Waals surface area contributed by atoms with Gasteiger partial charge >= 0.3 is 0 Å². The minimum atomic E-state index is 0.334. The summed E-state index contributed by atoms with van der Waals surface area (Å²) in [6, 6.07) is 0. The minimum absolute atomic E-state index is 0.334. The van der Waals surface area contributed by atoms with Crippen LogP contribution in [0.15, 0.2) is 17.8 Å². The van der Waals surface area contributed by atoms with Crippen LogP contribution in [0.1, 0.15) is 25.7 Å². The number of anilines is 1. The molecule has 3 rings (SSSR count). The first kappa shape index (κ1) is 12.3. The predicted molar refractivity (Wildman–Crippen MR) is 70.7 cm³/mol. The van der Waals surface area contributed by atoms with Crippen LogP contribution in [0, 0.1) is 0 Å². The van der Waals surface area contributed by atoms with Gasteiger partial charge in [0.25, 0.3) is 5.95 Å². The van der Waals surface area contributed by atoms with Gasteiger partial charge < -0.3 is 0 Å². The quantitative estimate of drug-likeness (QED) is 0.624. The first-order valence-corrected chi connectivity index (χ1v) is 6.97. The molecule has 0 radical (unpaired) electrons. The SMILES string of the molecule is NNc1nc(SC2CCCC2)nc(-n2cncn2)n1. The van der Waals surface area contributed by atoms with Crippen LogP contribution in [0.3, 0.4) is 0 Å². The van der Waals surface area contributed by atoms with Crippen LogP contribution < -0.4 is 11.3 Å². The van der Waals surface area contributed by atoms with Crippen LogP contribution in [-0.4, -0.2) is 35.0 Å². The molecule has 1 fully saturated rings. The minimum Gasteiger partial charge on any atom is -0.292 e. The van der Waals surface area contributed by atoms with Crippen LogP contribution in [0.4, 0.5) is 5.95 Å². The van der Waals surface area contributed by atoms with Gasteiger partial charge in [-0.15, -0.1) is 0 Å². The molecule has 0 saturated heterocycles. The number of nitrogens with one attached hydrogen (secondary N) is 1. The van der Waals surface area contributed by atoms with E-state index in [1.165, 1.54) is 36.7 Å². The van der Waals surface area contributed by atoms with Crippen LogP contribution in [-0.2, 0) is 0 Å². The summed E-state index contributed by atoms with van der Waals surface area (Å²) in [5.74, 6) is 6.14. The Morgan fingerprint density at radius 1 is 1.26 bits per heavy atom.